The molecule has 0 unspecified atom stereocenters. The molecule has 17 heteroatoms. The number of carbonyl (C=O) groups excluding carboxylic acids is 3. The number of aliphatic hydroxyl groups excluding tert-OH is 1. The molecule has 238 valence electrons. The van der Waals surface area contributed by atoms with Crippen LogP contribution in [0.25, 0.3) is 0 Å². The van der Waals surface area contributed by atoms with E-state index in [-0.39, 0.29) is 11.1 Å². The monoisotopic (exact) mass is 632 g/mol. The molecular formula is C28H24O17. The third-order valence-corrected chi connectivity index (χ3v) is 7.12. The Morgan fingerprint density at radius 2 is 1.31 bits per heavy atom. The fourth-order valence-corrected chi connectivity index (χ4v) is 4.93. The number of aromatic hydroxyl groups is 8. The van der Waals surface area contributed by atoms with Gasteiger partial charge in [0.05, 0.1) is 23.8 Å². The number of hydrogen-bond donors (Lipinski definition) is 9. The van der Waals surface area contributed by atoms with Crippen molar-refractivity contribution in [2.45, 2.75) is 30.5 Å². The van der Waals surface area contributed by atoms with Crippen molar-refractivity contribution in [3.8, 4) is 51.7 Å². The van der Waals surface area contributed by atoms with Crippen LogP contribution < -0.4 is 4.74 Å². The molecule has 2 aliphatic heterocycles. The number of esters is 3. The first-order valence-electron chi connectivity index (χ1n) is 12.8. The van der Waals surface area contributed by atoms with Crippen molar-refractivity contribution >= 4 is 17.9 Å². The van der Waals surface area contributed by atoms with Gasteiger partial charge in [0.15, 0.2) is 58.2 Å². The van der Waals surface area contributed by atoms with Crippen molar-refractivity contribution < 1.29 is 84.0 Å². The quantitative estimate of drug-likeness (QED) is 0.103. The number of ether oxygens (including phenoxy) is 5. The summed E-state index contributed by atoms with van der Waals surface area (Å²) < 4.78 is 26.8. The maximum atomic E-state index is 13.1. The lowest BCUT2D eigenvalue weighted by molar-refractivity contribution is -0.235. The SMILES string of the molecule is COc1c(O)cc2c(c1O)[C@@H]1O[C@H](COC(=O)c3cc(O)c(O)c(O)c3)[C@H](O)[C@@H](OC(=O)c3cc(O)c(O)c(O)c3)[C@H]1OC2=O. The maximum absolute atomic E-state index is 13.1. The van der Waals surface area contributed by atoms with Crippen molar-refractivity contribution in [1.29, 1.82) is 0 Å². The number of benzene rings is 3. The van der Waals surface area contributed by atoms with E-state index in [4.69, 9.17) is 23.7 Å². The van der Waals surface area contributed by atoms with Crippen molar-refractivity contribution in [2.75, 3.05) is 13.7 Å². The normalized spacial score (nSPS) is 22.0. The molecule has 2 aliphatic rings. The average Bonchev–Trinajstić information content (AvgIpc) is 2.99. The second kappa shape index (κ2) is 11.4. The van der Waals surface area contributed by atoms with E-state index < -0.39 is 118 Å². The molecule has 5 atom stereocenters. The summed E-state index contributed by atoms with van der Waals surface area (Å²) in [6, 6.07) is 3.97. The minimum absolute atomic E-state index is 0.302. The first kappa shape index (κ1) is 30.6. The number of aliphatic hydroxyl groups is 1. The van der Waals surface area contributed by atoms with Gasteiger partial charge in [0.25, 0.3) is 0 Å². The first-order valence-corrected chi connectivity index (χ1v) is 12.8. The average molecular weight is 632 g/mol. The third kappa shape index (κ3) is 5.30. The summed E-state index contributed by atoms with van der Waals surface area (Å²) in [7, 11) is 1.11. The molecule has 2 heterocycles. The van der Waals surface area contributed by atoms with Crippen LogP contribution in [0.1, 0.15) is 42.7 Å². The molecule has 0 aliphatic carbocycles. The second-order valence-electron chi connectivity index (χ2n) is 9.89. The highest BCUT2D eigenvalue weighted by molar-refractivity contribution is 5.95. The van der Waals surface area contributed by atoms with E-state index in [2.05, 4.69) is 0 Å². The van der Waals surface area contributed by atoms with Gasteiger partial charge in [0, 0.05) is 5.56 Å². The Balaban J connectivity index is 1.51. The van der Waals surface area contributed by atoms with Gasteiger partial charge in [0.1, 0.15) is 24.9 Å². The van der Waals surface area contributed by atoms with Crippen LogP contribution in [0.3, 0.4) is 0 Å². The van der Waals surface area contributed by atoms with Crippen LogP contribution in [0, 0.1) is 0 Å². The van der Waals surface area contributed by atoms with Crippen molar-refractivity contribution in [3.63, 3.8) is 0 Å². The van der Waals surface area contributed by atoms with Crippen molar-refractivity contribution in [3.05, 3.63) is 52.6 Å². The first-order chi connectivity index (χ1) is 21.2. The summed E-state index contributed by atoms with van der Waals surface area (Å²) in [5, 5.41) is 90.5. The van der Waals surface area contributed by atoms with Crippen LogP contribution in [0.5, 0.6) is 51.7 Å². The number of phenols is 8. The zero-order valence-electron chi connectivity index (χ0n) is 22.8. The molecular weight excluding hydrogens is 608 g/mol. The lowest BCUT2D eigenvalue weighted by Gasteiger charge is -2.45. The number of methoxy groups -OCH3 is 1. The van der Waals surface area contributed by atoms with Crippen LogP contribution >= 0.6 is 0 Å². The van der Waals surface area contributed by atoms with Gasteiger partial charge in [-0.2, -0.15) is 0 Å². The number of phenolic OH excluding ortho intramolecular Hbond substituents is 8. The summed E-state index contributed by atoms with van der Waals surface area (Å²) in [4.78, 5) is 38.7. The molecule has 0 bridgehead atoms. The van der Waals surface area contributed by atoms with Crippen LogP contribution in [0.15, 0.2) is 30.3 Å². The highest BCUT2D eigenvalue weighted by Gasteiger charge is 2.55. The van der Waals surface area contributed by atoms with E-state index in [1.165, 1.54) is 0 Å². The number of rotatable bonds is 6. The zero-order valence-corrected chi connectivity index (χ0v) is 22.8. The zero-order chi connectivity index (χ0) is 32.9. The van der Waals surface area contributed by atoms with Gasteiger partial charge in [-0.15, -0.1) is 0 Å². The second-order valence-corrected chi connectivity index (χ2v) is 9.89. The molecule has 0 amide bonds. The Hall–Kier alpha value is -5.81. The number of carbonyl (C=O) groups is 3. The van der Waals surface area contributed by atoms with E-state index in [1.54, 1.807) is 0 Å². The Morgan fingerprint density at radius 3 is 1.84 bits per heavy atom. The van der Waals surface area contributed by atoms with E-state index in [9.17, 15) is 60.3 Å². The van der Waals surface area contributed by atoms with E-state index in [1.807, 2.05) is 0 Å². The Morgan fingerprint density at radius 1 is 0.778 bits per heavy atom. The summed E-state index contributed by atoms with van der Waals surface area (Å²) in [5.41, 5.74) is -1.61. The molecule has 0 saturated carbocycles. The minimum Gasteiger partial charge on any atom is -0.504 e. The third-order valence-electron chi connectivity index (χ3n) is 7.12. The predicted molar refractivity (Wildman–Crippen MR) is 142 cm³/mol. The minimum atomic E-state index is -1.93. The van der Waals surface area contributed by atoms with E-state index in [0.29, 0.717) is 0 Å². The van der Waals surface area contributed by atoms with Gasteiger partial charge < -0.3 is 69.6 Å². The van der Waals surface area contributed by atoms with Gasteiger partial charge in [-0.1, -0.05) is 0 Å². The largest absolute Gasteiger partial charge is 0.504 e. The Bertz CT molecular complexity index is 1670. The molecule has 3 aromatic carbocycles. The molecule has 5 rings (SSSR count). The fourth-order valence-electron chi connectivity index (χ4n) is 4.93. The van der Waals surface area contributed by atoms with Crippen LogP contribution in [0.2, 0.25) is 0 Å². The summed E-state index contributed by atoms with van der Waals surface area (Å²) in [5.74, 6) is -10.8. The standard InChI is InChI=1S/C28H24O17/c1-41-22-15(33)6-10-17(21(22)37)23-25(45-28(10)40)24(44-27(39)9-4-13(31)19(35)14(32)5-9)20(36)16(43-23)7-42-26(38)8-2-11(29)18(34)12(30)3-8/h2-6,16,20,23-25,29-37H,7H2,1H3/t16-,20+,23+,24-,25+/m1/s1. The van der Waals surface area contributed by atoms with Crippen LogP contribution in [0.4, 0.5) is 0 Å². The summed E-state index contributed by atoms with van der Waals surface area (Å²) in [6.07, 6.45) is -8.60. The Labute approximate surface area is 250 Å². The van der Waals surface area contributed by atoms with Gasteiger partial charge in [-0.05, 0) is 30.3 Å². The topological polar surface area (TPSA) is 279 Å². The fraction of sp³-hybridized carbons (Fsp3) is 0.250. The number of hydrogen-bond acceptors (Lipinski definition) is 17. The molecule has 9 N–H and O–H groups in total. The van der Waals surface area contributed by atoms with Crippen LogP contribution in [-0.4, -0.2) is 102 Å². The number of fused-ring (bicyclic) bond motifs is 3. The Kier molecular flexibility index (Phi) is 7.73. The smallest absolute Gasteiger partial charge is 0.339 e. The molecule has 0 radical (unpaired) electrons. The van der Waals surface area contributed by atoms with Crippen LogP contribution in [-0.2, 0) is 18.9 Å². The molecule has 1 fully saturated rings. The lowest BCUT2D eigenvalue weighted by Crippen LogP contribution is -2.59. The predicted octanol–water partition coefficient (Wildman–Crippen LogP) is 0.762. The molecule has 0 aromatic heterocycles. The molecule has 3 aromatic rings. The van der Waals surface area contributed by atoms with Gasteiger partial charge >= 0.3 is 17.9 Å². The lowest BCUT2D eigenvalue weighted by atomic mass is 9.86. The maximum Gasteiger partial charge on any atom is 0.339 e. The molecule has 17 nitrogen and oxygen atoms in total. The highest BCUT2D eigenvalue weighted by Crippen LogP contribution is 2.50. The molecule has 1 saturated heterocycles. The van der Waals surface area contributed by atoms with Gasteiger partial charge in [-0.25, -0.2) is 14.4 Å². The summed E-state index contributed by atoms with van der Waals surface area (Å²) >= 11 is 0. The summed E-state index contributed by atoms with van der Waals surface area (Å²) in [6.45, 7) is -0.806. The van der Waals surface area contributed by atoms with Gasteiger partial charge in [-0.3, -0.25) is 0 Å². The van der Waals surface area contributed by atoms with Gasteiger partial charge in [0.2, 0.25) is 5.75 Å². The molecule has 45 heavy (non-hydrogen) atoms. The van der Waals surface area contributed by atoms with Crippen molar-refractivity contribution in [2.24, 2.45) is 0 Å². The van der Waals surface area contributed by atoms with Crippen molar-refractivity contribution in [1.82, 2.24) is 0 Å². The van der Waals surface area contributed by atoms with E-state index >= 15 is 0 Å². The van der Waals surface area contributed by atoms with E-state index in [0.717, 1.165) is 37.4 Å². The highest BCUT2D eigenvalue weighted by atomic mass is 16.6. The molecule has 0 spiro atoms.